The summed E-state index contributed by atoms with van der Waals surface area (Å²) in [5.74, 6) is 0. The summed E-state index contributed by atoms with van der Waals surface area (Å²) in [4.78, 5) is 4.07. The minimum Gasteiger partial charge on any atom is -0.236 e. The summed E-state index contributed by atoms with van der Waals surface area (Å²) in [7, 11) is 0. The van der Waals surface area contributed by atoms with Gasteiger partial charge in [0.05, 0.1) is 10.7 Å². The molecule has 56 valence electrons. The third-order valence-corrected chi connectivity index (χ3v) is 2.16. The van der Waals surface area contributed by atoms with Crippen molar-refractivity contribution in [3.05, 3.63) is 28.1 Å². The quantitative estimate of drug-likeness (QED) is 0.652. The van der Waals surface area contributed by atoms with E-state index in [9.17, 15) is 0 Å². The highest BCUT2D eigenvalue weighted by Gasteiger charge is 2.02. The second-order valence-electron chi connectivity index (χ2n) is 2.00. The van der Waals surface area contributed by atoms with Gasteiger partial charge in [-0.25, -0.2) is 9.50 Å². The Morgan fingerprint density at radius 3 is 3.09 bits per heavy atom. The molecule has 5 heteroatoms. The average Bonchev–Trinajstić information content (AvgIpc) is 2.35. The van der Waals surface area contributed by atoms with Gasteiger partial charge in [0, 0.05) is 6.20 Å². The van der Waals surface area contributed by atoms with Crippen LogP contribution in [0.1, 0.15) is 0 Å². The maximum absolute atomic E-state index is 5.81. The van der Waals surface area contributed by atoms with E-state index in [1.165, 1.54) is 0 Å². The van der Waals surface area contributed by atoms with Gasteiger partial charge in [0.15, 0.2) is 5.65 Å². The van der Waals surface area contributed by atoms with Crippen LogP contribution >= 0.6 is 27.5 Å². The van der Waals surface area contributed by atoms with E-state index in [1.807, 2.05) is 0 Å². The summed E-state index contributed by atoms with van der Waals surface area (Å²) in [6.07, 6.45) is 3.30. The van der Waals surface area contributed by atoms with Crippen LogP contribution in [-0.4, -0.2) is 14.6 Å². The van der Waals surface area contributed by atoms with Crippen LogP contribution in [0, 0.1) is 0 Å². The molecule has 3 nitrogen and oxygen atoms in total. The van der Waals surface area contributed by atoms with Crippen LogP contribution < -0.4 is 0 Å². The minimum atomic E-state index is 0.556. The second kappa shape index (κ2) is 2.46. The Kier molecular flexibility index (Phi) is 1.58. The number of rotatable bonds is 0. The number of halogens is 2. The molecule has 0 radical (unpaired) electrons. The van der Waals surface area contributed by atoms with Gasteiger partial charge in [-0.3, -0.25) is 0 Å². The fourth-order valence-corrected chi connectivity index (χ4v) is 1.38. The van der Waals surface area contributed by atoms with E-state index in [4.69, 9.17) is 11.6 Å². The molecule has 2 rings (SSSR count). The monoisotopic (exact) mass is 231 g/mol. The molecular formula is C6H3BrClN3. The van der Waals surface area contributed by atoms with Gasteiger partial charge in [-0.15, -0.1) is 0 Å². The van der Waals surface area contributed by atoms with Crippen LogP contribution in [-0.2, 0) is 0 Å². The lowest BCUT2D eigenvalue weighted by Gasteiger charge is -1.93. The molecular weight excluding hydrogens is 229 g/mol. The molecule has 0 aromatic carbocycles. The van der Waals surface area contributed by atoms with Gasteiger partial charge in [0.25, 0.3) is 0 Å². The van der Waals surface area contributed by atoms with Crippen molar-refractivity contribution in [2.75, 3.05) is 0 Å². The van der Waals surface area contributed by atoms with E-state index in [0.717, 1.165) is 10.1 Å². The van der Waals surface area contributed by atoms with Crippen LogP contribution in [0.4, 0.5) is 0 Å². The third-order valence-electron chi connectivity index (χ3n) is 1.31. The minimum absolute atomic E-state index is 0.556. The van der Waals surface area contributed by atoms with Crippen molar-refractivity contribution in [1.82, 2.24) is 14.6 Å². The Labute approximate surface area is 76.1 Å². The van der Waals surface area contributed by atoms with Crippen molar-refractivity contribution in [2.45, 2.75) is 0 Å². The van der Waals surface area contributed by atoms with Crippen molar-refractivity contribution in [1.29, 1.82) is 0 Å². The molecule has 0 saturated carbocycles. The largest absolute Gasteiger partial charge is 0.236 e. The molecule has 0 spiro atoms. The van der Waals surface area contributed by atoms with Gasteiger partial charge in [-0.2, -0.15) is 5.10 Å². The SMILES string of the molecule is Clc1ccnc2c(Br)cnn12. The number of aromatic nitrogens is 3. The summed E-state index contributed by atoms with van der Waals surface area (Å²) < 4.78 is 2.41. The highest BCUT2D eigenvalue weighted by atomic mass is 79.9. The van der Waals surface area contributed by atoms with Gasteiger partial charge < -0.3 is 0 Å². The first-order valence-corrected chi connectivity index (χ1v) is 4.10. The van der Waals surface area contributed by atoms with Crippen molar-refractivity contribution in [3.8, 4) is 0 Å². The lowest BCUT2D eigenvalue weighted by Crippen LogP contribution is -1.89. The molecule has 0 aliphatic carbocycles. The van der Waals surface area contributed by atoms with Gasteiger partial charge in [0.1, 0.15) is 5.15 Å². The van der Waals surface area contributed by atoms with Gasteiger partial charge in [-0.1, -0.05) is 11.6 Å². The standard InChI is InChI=1S/C6H3BrClN3/c7-4-3-10-11-5(8)1-2-9-6(4)11/h1-3H. The lowest BCUT2D eigenvalue weighted by molar-refractivity contribution is 0.940. The van der Waals surface area contributed by atoms with E-state index in [-0.39, 0.29) is 0 Å². The predicted molar refractivity (Wildman–Crippen MR) is 45.7 cm³/mol. The zero-order valence-electron chi connectivity index (χ0n) is 5.33. The fourth-order valence-electron chi connectivity index (χ4n) is 0.835. The highest BCUT2D eigenvalue weighted by Crippen LogP contribution is 2.17. The number of hydrogen-bond donors (Lipinski definition) is 0. The van der Waals surface area contributed by atoms with Gasteiger partial charge in [0.2, 0.25) is 0 Å². The molecule has 0 aliphatic heterocycles. The molecule has 11 heavy (non-hydrogen) atoms. The molecule has 0 N–H and O–H groups in total. The van der Waals surface area contributed by atoms with Crippen molar-refractivity contribution in [2.24, 2.45) is 0 Å². The van der Waals surface area contributed by atoms with Crippen LogP contribution in [0.15, 0.2) is 22.9 Å². The van der Waals surface area contributed by atoms with Crippen molar-refractivity contribution >= 4 is 33.2 Å². The maximum atomic E-state index is 5.81. The summed E-state index contributed by atoms with van der Waals surface area (Å²) in [5, 5.41) is 4.55. The number of hydrogen-bond acceptors (Lipinski definition) is 2. The summed E-state index contributed by atoms with van der Waals surface area (Å²) in [6.45, 7) is 0. The molecule has 0 unspecified atom stereocenters. The molecule has 0 aliphatic rings. The Bertz CT molecular complexity index is 398. The molecule has 2 aromatic rings. The summed E-state index contributed by atoms with van der Waals surface area (Å²) >= 11 is 9.11. The van der Waals surface area contributed by atoms with Gasteiger partial charge in [-0.05, 0) is 22.0 Å². The first-order valence-electron chi connectivity index (χ1n) is 2.93. The fraction of sp³-hybridized carbons (Fsp3) is 0. The summed E-state index contributed by atoms with van der Waals surface area (Å²) in [5.41, 5.74) is 0.734. The smallest absolute Gasteiger partial charge is 0.171 e. The molecule has 0 atom stereocenters. The first-order chi connectivity index (χ1) is 5.29. The van der Waals surface area contributed by atoms with E-state index in [2.05, 4.69) is 26.0 Å². The number of fused-ring (bicyclic) bond motifs is 1. The van der Waals surface area contributed by atoms with Crippen LogP contribution in [0.2, 0.25) is 5.15 Å². The lowest BCUT2D eigenvalue weighted by atomic mass is 10.6. The van der Waals surface area contributed by atoms with Crippen molar-refractivity contribution in [3.63, 3.8) is 0 Å². The van der Waals surface area contributed by atoms with Crippen LogP contribution in [0.25, 0.3) is 5.65 Å². The highest BCUT2D eigenvalue weighted by molar-refractivity contribution is 9.10. The van der Waals surface area contributed by atoms with Crippen LogP contribution in [0.5, 0.6) is 0 Å². The average molecular weight is 232 g/mol. The van der Waals surface area contributed by atoms with E-state index in [1.54, 1.807) is 23.0 Å². The first kappa shape index (κ1) is 7.06. The van der Waals surface area contributed by atoms with E-state index < -0.39 is 0 Å². The van der Waals surface area contributed by atoms with Crippen LogP contribution in [0.3, 0.4) is 0 Å². The second-order valence-corrected chi connectivity index (χ2v) is 3.24. The normalized spacial score (nSPS) is 10.7. The van der Waals surface area contributed by atoms with E-state index >= 15 is 0 Å². The molecule has 0 bridgehead atoms. The zero-order chi connectivity index (χ0) is 7.84. The molecule has 0 saturated heterocycles. The molecule has 2 heterocycles. The molecule has 0 amide bonds. The third kappa shape index (κ3) is 1.02. The maximum Gasteiger partial charge on any atom is 0.171 e. The zero-order valence-corrected chi connectivity index (χ0v) is 7.67. The van der Waals surface area contributed by atoms with E-state index in [0.29, 0.717) is 5.15 Å². The van der Waals surface area contributed by atoms with Crippen molar-refractivity contribution < 1.29 is 0 Å². The summed E-state index contributed by atoms with van der Waals surface area (Å²) in [6, 6.07) is 1.69. The number of nitrogens with zero attached hydrogens (tertiary/aromatic N) is 3. The Morgan fingerprint density at radius 2 is 2.36 bits per heavy atom. The Balaban J connectivity index is 2.94. The van der Waals surface area contributed by atoms with Gasteiger partial charge >= 0.3 is 0 Å². The Morgan fingerprint density at radius 1 is 1.55 bits per heavy atom. The molecule has 2 aromatic heterocycles. The molecule has 0 fully saturated rings. The Hall–Kier alpha value is -0.610. The topological polar surface area (TPSA) is 30.2 Å². The predicted octanol–water partition coefficient (Wildman–Crippen LogP) is 2.15.